The van der Waals surface area contributed by atoms with Crippen LogP contribution in [0.5, 0.6) is 5.75 Å². The van der Waals surface area contributed by atoms with Gasteiger partial charge in [0.2, 0.25) is 0 Å². The zero-order valence-electron chi connectivity index (χ0n) is 14.0. The van der Waals surface area contributed by atoms with Gasteiger partial charge in [-0.05, 0) is 43.7 Å². The minimum Gasteiger partial charge on any atom is -0.508 e. The highest BCUT2D eigenvalue weighted by molar-refractivity contribution is 5.99. The topological polar surface area (TPSA) is 118 Å². The molecule has 0 aliphatic carbocycles. The van der Waals surface area contributed by atoms with Crippen LogP contribution in [0.25, 0.3) is 0 Å². The predicted octanol–water partition coefficient (Wildman–Crippen LogP) is 1.92. The Balaban J connectivity index is 1.99. The zero-order chi connectivity index (χ0) is 18.6. The van der Waals surface area contributed by atoms with Gasteiger partial charge in [0.05, 0.1) is 12.7 Å². The maximum absolute atomic E-state index is 12.1. The lowest BCUT2D eigenvalue weighted by Crippen LogP contribution is -2.21. The summed E-state index contributed by atoms with van der Waals surface area (Å²) in [5, 5.41) is 11.7. The first kappa shape index (κ1) is 18.1. The normalized spacial score (nSPS) is 10.2. The predicted molar refractivity (Wildman–Crippen MR) is 88.6 cm³/mol. The third-order valence-electron chi connectivity index (χ3n) is 3.52. The van der Waals surface area contributed by atoms with Gasteiger partial charge < -0.3 is 24.9 Å². The van der Waals surface area contributed by atoms with E-state index in [-0.39, 0.29) is 17.0 Å². The summed E-state index contributed by atoms with van der Waals surface area (Å²) in [6.45, 7) is 2.72. The fourth-order valence-corrected chi connectivity index (χ4v) is 2.31. The minimum atomic E-state index is -0.753. The molecule has 132 valence electrons. The van der Waals surface area contributed by atoms with Crippen LogP contribution in [-0.2, 0) is 14.3 Å². The molecule has 0 aliphatic heterocycles. The molecule has 0 aliphatic rings. The van der Waals surface area contributed by atoms with Crippen molar-refractivity contribution < 1.29 is 29.0 Å². The monoisotopic (exact) mass is 346 g/mol. The molecular weight excluding hydrogens is 328 g/mol. The molecule has 2 rings (SSSR count). The second-order valence-electron chi connectivity index (χ2n) is 5.29. The van der Waals surface area contributed by atoms with Crippen molar-refractivity contribution in [2.24, 2.45) is 0 Å². The molecule has 0 saturated carbocycles. The maximum Gasteiger partial charge on any atom is 0.355 e. The molecule has 1 aromatic carbocycles. The summed E-state index contributed by atoms with van der Waals surface area (Å²) >= 11 is 0. The van der Waals surface area contributed by atoms with E-state index >= 15 is 0 Å². The molecule has 0 fully saturated rings. The van der Waals surface area contributed by atoms with E-state index in [1.807, 2.05) is 0 Å². The van der Waals surface area contributed by atoms with Gasteiger partial charge in [0.15, 0.2) is 6.61 Å². The van der Waals surface area contributed by atoms with E-state index in [0.717, 1.165) is 0 Å². The summed E-state index contributed by atoms with van der Waals surface area (Å²) in [7, 11) is 1.25. The number of aryl methyl sites for hydroxylation is 1. The van der Waals surface area contributed by atoms with Gasteiger partial charge in [0.25, 0.3) is 5.91 Å². The molecule has 8 nitrogen and oxygen atoms in total. The third kappa shape index (κ3) is 4.17. The van der Waals surface area contributed by atoms with E-state index in [2.05, 4.69) is 15.0 Å². The van der Waals surface area contributed by atoms with Crippen LogP contribution in [0.4, 0.5) is 5.69 Å². The average Bonchev–Trinajstić information content (AvgIpc) is 2.88. The Bertz CT molecular complexity index is 807. The lowest BCUT2D eigenvalue weighted by molar-refractivity contribution is -0.119. The number of carbonyl (C=O) groups excluding carboxylic acids is 3. The number of carbonyl (C=O) groups is 3. The number of nitrogens with one attached hydrogen (secondary N) is 2. The second-order valence-corrected chi connectivity index (χ2v) is 5.29. The molecule has 1 aromatic heterocycles. The number of hydrogen-bond donors (Lipinski definition) is 3. The van der Waals surface area contributed by atoms with E-state index in [9.17, 15) is 19.5 Å². The molecule has 0 spiro atoms. The summed E-state index contributed by atoms with van der Waals surface area (Å²) in [5.74, 6) is -1.77. The quantitative estimate of drug-likeness (QED) is 0.562. The Morgan fingerprint density at radius 2 is 1.76 bits per heavy atom. The molecule has 2 aromatic rings. The van der Waals surface area contributed by atoms with Gasteiger partial charge in [0, 0.05) is 11.4 Å². The highest BCUT2D eigenvalue weighted by atomic mass is 16.5. The smallest absolute Gasteiger partial charge is 0.355 e. The largest absolute Gasteiger partial charge is 0.508 e. The summed E-state index contributed by atoms with van der Waals surface area (Å²) in [6.07, 6.45) is 0. The molecule has 8 heteroatoms. The Hall–Kier alpha value is -3.29. The summed E-state index contributed by atoms with van der Waals surface area (Å²) in [6, 6.07) is 5.86. The number of hydrogen-bond acceptors (Lipinski definition) is 6. The third-order valence-corrected chi connectivity index (χ3v) is 3.52. The van der Waals surface area contributed by atoms with Crippen molar-refractivity contribution in [3.63, 3.8) is 0 Å². The van der Waals surface area contributed by atoms with E-state index in [1.54, 1.807) is 13.8 Å². The molecule has 1 amide bonds. The highest BCUT2D eigenvalue weighted by Gasteiger charge is 2.23. The van der Waals surface area contributed by atoms with Crippen molar-refractivity contribution >= 4 is 23.5 Å². The summed E-state index contributed by atoms with van der Waals surface area (Å²) in [5.41, 5.74) is 1.69. The van der Waals surface area contributed by atoms with E-state index < -0.39 is 24.5 Å². The number of benzene rings is 1. The Kier molecular flexibility index (Phi) is 5.43. The van der Waals surface area contributed by atoms with E-state index in [0.29, 0.717) is 16.9 Å². The van der Waals surface area contributed by atoms with E-state index in [1.165, 1.54) is 31.4 Å². The molecule has 0 saturated heterocycles. The molecule has 0 radical (unpaired) electrons. The number of aromatic nitrogens is 1. The number of aromatic amines is 1. The number of amides is 1. The summed E-state index contributed by atoms with van der Waals surface area (Å²) in [4.78, 5) is 38.4. The Morgan fingerprint density at radius 1 is 1.12 bits per heavy atom. The van der Waals surface area contributed by atoms with Crippen molar-refractivity contribution in [1.82, 2.24) is 4.98 Å². The number of H-pyrrole nitrogens is 1. The van der Waals surface area contributed by atoms with Crippen LogP contribution in [0, 0.1) is 13.8 Å². The van der Waals surface area contributed by atoms with Crippen LogP contribution in [0.3, 0.4) is 0 Å². The number of phenolic OH excluding ortho intramolecular Hbond substituents is 1. The number of anilines is 1. The van der Waals surface area contributed by atoms with Crippen LogP contribution in [0.1, 0.15) is 32.1 Å². The Labute approximate surface area is 143 Å². The number of rotatable bonds is 5. The molecule has 0 unspecified atom stereocenters. The van der Waals surface area contributed by atoms with Gasteiger partial charge in [-0.1, -0.05) is 0 Å². The number of esters is 2. The van der Waals surface area contributed by atoms with E-state index in [4.69, 9.17) is 4.74 Å². The molecule has 3 N–H and O–H groups in total. The molecule has 25 heavy (non-hydrogen) atoms. The van der Waals surface area contributed by atoms with Crippen LogP contribution in [-0.4, -0.2) is 41.7 Å². The fourth-order valence-electron chi connectivity index (χ4n) is 2.31. The van der Waals surface area contributed by atoms with Gasteiger partial charge in [-0.15, -0.1) is 0 Å². The number of phenols is 1. The van der Waals surface area contributed by atoms with Crippen LogP contribution < -0.4 is 5.32 Å². The van der Waals surface area contributed by atoms with Crippen molar-refractivity contribution in [2.75, 3.05) is 19.0 Å². The molecule has 0 atom stereocenters. The lowest BCUT2D eigenvalue weighted by Gasteiger charge is -2.06. The summed E-state index contributed by atoms with van der Waals surface area (Å²) < 4.78 is 9.64. The van der Waals surface area contributed by atoms with Crippen molar-refractivity contribution in [1.29, 1.82) is 0 Å². The first-order valence-electron chi connectivity index (χ1n) is 7.37. The van der Waals surface area contributed by atoms with Gasteiger partial charge in [-0.3, -0.25) is 4.79 Å². The first-order valence-corrected chi connectivity index (χ1v) is 7.37. The van der Waals surface area contributed by atoms with Gasteiger partial charge in [-0.25, -0.2) is 9.59 Å². The van der Waals surface area contributed by atoms with Gasteiger partial charge >= 0.3 is 11.9 Å². The van der Waals surface area contributed by atoms with Crippen LogP contribution in [0.2, 0.25) is 0 Å². The molecular formula is C17H18N2O6. The maximum atomic E-state index is 12.1. The van der Waals surface area contributed by atoms with Crippen LogP contribution in [0.15, 0.2) is 24.3 Å². The number of ether oxygens (including phenoxy) is 2. The molecule has 0 bridgehead atoms. The highest BCUT2D eigenvalue weighted by Crippen LogP contribution is 2.19. The fraction of sp³-hybridized carbons (Fsp3) is 0.235. The number of aromatic hydroxyl groups is 1. The average molecular weight is 346 g/mol. The zero-order valence-corrected chi connectivity index (χ0v) is 14.0. The standard InChI is InChI=1S/C17H18N2O6/c1-9-14(16(22)24-3)10(2)18-15(9)17(23)25-8-13(21)19-11-4-6-12(20)7-5-11/h4-7,18,20H,8H2,1-3H3,(H,19,21). The van der Waals surface area contributed by atoms with Crippen LogP contribution >= 0.6 is 0 Å². The number of methoxy groups -OCH3 is 1. The first-order chi connectivity index (χ1) is 11.8. The van der Waals surface area contributed by atoms with Gasteiger partial charge in [0.1, 0.15) is 11.4 Å². The van der Waals surface area contributed by atoms with Crippen molar-refractivity contribution in [3.8, 4) is 5.75 Å². The SMILES string of the molecule is COC(=O)c1c(C)[nH]c(C(=O)OCC(=O)Nc2ccc(O)cc2)c1C. The lowest BCUT2D eigenvalue weighted by atomic mass is 10.1. The minimum absolute atomic E-state index is 0.0726. The van der Waals surface area contributed by atoms with Crippen molar-refractivity contribution in [2.45, 2.75) is 13.8 Å². The second kappa shape index (κ2) is 7.52. The Morgan fingerprint density at radius 3 is 2.36 bits per heavy atom. The van der Waals surface area contributed by atoms with Crippen molar-refractivity contribution in [3.05, 3.63) is 46.8 Å². The van der Waals surface area contributed by atoms with Gasteiger partial charge in [-0.2, -0.15) is 0 Å². The molecule has 1 heterocycles.